The number of aromatic amines is 1. The smallest absolute Gasteiger partial charge is 0.303 e. The highest BCUT2D eigenvalue weighted by atomic mass is 19.1. The Balaban J connectivity index is 1.46. The van der Waals surface area contributed by atoms with E-state index < -0.39 is 5.97 Å². The Bertz CT molecular complexity index is 1410. The third-order valence-electron chi connectivity index (χ3n) is 6.11. The number of aromatic nitrogens is 1. The summed E-state index contributed by atoms with van der Waals surface area (Å²) in [7, 11) is 0. The number of rotatable bonds is 8. The molecule has 35 heavy (non-hydrogen) atoms. The lowest BCUT2D eigenvalue weighted by molar-refractivity contribution is -0.136. The molecule has 0 saturated carbocycles. The Labute approximate surface area is 202 Å². The molecule has 3 N–H and O–H groups in total. The molecule has 4 aromatic rings. The molecule has 1 heterocycles. The third-order valence-corrected chi connectivity index (χ3v) is 6.11. The summed E-state index contributed by atoms with van der Waals surface area (Å²) >= 11 is 0. The minimum absolute atomic E-state index is 0.0849. The number of carbonyl (C=O) groups is 2. The number of hydrogen-bond acceptors (Lipinski definition) is 3. The van der Waals surface area contributed by atoms with Crippen molar-refractivity contribution in [2.75, 3.05) is 0 Å². The number of fused-ring (bicyclic) bond motifs is 1. The zero-order valence-corrected chi connectivity index (χ0v) is 19.8. The summed E-state index contributed by atoms with van der Waals surface area (Å²) in [6.45, 7) is 5.61. The van der Waals surface area contributed by atoms with E-state index in [0.29, 0.717) is 40.1 Å². The van der Waals surface area contributed by atoms with Crippen molar-refractivity contribution >= 4 is 22.8 Å². The molecule has 7 heteroatoms. The highest BCUT2D eigenvalue weighted by Crippen LogP contribution is 2.28. The van der Waals surface area contributed by atoms with Crippen molar-refractivity contribution in [1.82, 2.24) is 10.3 Å². The molecule has 1 aromatic heterocycles. The SMILES string of the molecule is Cc1cc(Oc2cccc(C(C)NC(=O)c3[nH]c4ccc(F)cc4c3C)c2)ccc1CCC(=O)O. The standard InChI is InChI=1S/C28H27FN2O4/c1-16-13-23(10-7-19(16)8-12-26(32)33)35-22-6-4-5-20(14-22)18(3)30-28(34)27-17(2)24-15-21(29)9-11-25(24)31-27/h4-7,9-11,13-15,18,31H,8,12H2,1-3H3,(H,30,34)(H,32,33). The number of carbonyl (C=O) groups excluding carboxylic acids is 1. The Kier molecular flexibility index (Phi) is 6.87. The van der Waals surface area contributed by atoms with Crippen LogP contribution in [0.5, 0.6) is 11.5 Å². The van der Waals surface area contributed by atoms with Crippen molar-refractivity contribution in [2.45, 2.75) is 39.7 Å². The molecule has 4 rings (SSSR count). The molecule has 1 unspecified atom stereocenters. The summed E-state index contributed by atoms with van der Waals surface area (Å²) in [5, 5.41) is 12.6. The first kappa shape index (κ1) is 24.0. The Morgan fingerprint density at radius 3 is 2.57 bits per heavy atom. The maximum absolute atomic E-state index is 13.6. The third kappa shape index (κ3) is 5.51. The number of amides is 1. The molecule has 0 aliphatic carbocycles. The van der Waals surface area contributed by atoms with Crippen LogP contribution in [-0.2, 0) is 11.2 Å². The van der Waals surface area contributed by atoms with Crippen molar-refractivity contribution in [2.24, 2.45) is 0 Å². The van der Waals surface area contributed by atoms with Gasteiger partial charge in [-0.25, -0.2) is 4.39 Å². The minimum Gasteiger partial charge on any atom is -0.481 e. The van der Waals surface area contributed by atoms with E-state index in [2.05, 4.69) is 10.3 Å². The number of halogens is 1. The molecule has 1 amide bonds. The van der Waals surface area contributed by atoms with Gasteiger partial charge in [-0.3, -0.25) is 9.59 Å². The number of hydrogen-bond donors (Lipinski definition) is 3. The Morgan fingerprint density at radius 1 is 1.06 bits per heavy atom. The van der Waals surface area contributed by atoms with Crippen LogP contribution in [0.4, 0.5) is 4.39 Å². The van der Waals surface area contributed by atoms with Crippen LogP contribution < -0.4 is 10.1 Å². The second-order valence-electron chi connectivity index (χ2n) is 8.67. The van der Waals surface area contributed by atoms with Crippen LogP contribution in [0.2, 0.25) is 0 Å². The number of nitrogens with one attached hydrogen (secondary N) is 2. The van der Waals surface area contributed by atoms with E-state index in [1.54, 1.807) is 13.0 Å². The van der Waals surface area contributed by atoms with Gasteiger partial charge in [-0.05, 0) is 91.9 Å². The number of carboxylic acids is 1. The van der Waals surface area contributed by atoms with Gasteiger partial charge < -0.3 is 20.1 Å². The quantitative estimate of drug-likeness (QED) is 0.283. The van der Waals surface area contributed by atoms with Crippen LogP contribution in [0.1, 0.15) is 52.1 Å². The predicted molar refractivity (Wildman–Crippen MR) is 133 cm³/mol. The molecule has 0 saturated heterocycles. The molecule has 0 bridgehead atoms. The van der Waals surface area contributed by atoms with Crippen molar-refractivity contribution in [3.8, 4) is 11.5 Å². The van der Waals surface area contributed by atoms with Crippen LogP contribution in [0, 0.1) is 19.7 Å². The first-order valence-electron chi connectivity index (χ1n) is 11.4. The highest BCUT2D eigenvalue weighted by molar-refractivity contribution is 6.01. The minimum atomic E-state index is -0.823. The van der Waals surface area contributed by atoms with E-state index in [0.717, 1.165) is 16.7 Å². The van der Waals surface area contributed by atoms with Gasteiger partial charge in [0.2, 0.25) is 0 Å². The van der Waals surface area contributed by atoms with E-state index in [1.165, 1.54) is 12.1 Å². The zero-order valence-electron chi connectivity index (χ0n) is 19.8. The van der Waals surface area contributed by atoms with Gasteiger partial charge in [-0.15, -0.1) is 0 Å². The number of ether oxygens (including phenoxy) is 1. The summed E-state index contributed by atoms with van der Waals surface area (Å²) in [6, 6.07) is 17.2. The van der Waals surface area contributed by atoms with E-state index in [4.69, 9.17) is 9.84 Å². The lowest BCUT2D eigenvalue weighted by atomic mass is 10.0. The molecule has 6 nitrogen and oxygen atoms in total. The number of H-pyrrole nitrogens is 1. The molecular weight excluding hydrogens is 447 g/mol. The average Bonchev–Trinajstić information content (AvgIpc) is 3.14. The molecule has 0 aliphatic rings. The fraction of sp³-hybridized carbons (Fsp3) is 0.214. The first-order valence-corrected chi connectivity index (χ1v) is 11.4. The topological polar surface area (TPSA) is 91.4 Å². The van der Waals surface area contributed by atoms with Gasteiger partial charge in [0, 0.05) is 17.3 Å². The van der Waals surface area contributed by atoms with Gasteiger partial charge in [-0.2, -0.15) is 0 Å². The summed E-state index contributed by atoms with van der Waals surface area (Å²) in [5.74, 6) is -0.168. The number of aliphatic carboxylic acids is 1. The second kappa shape index (κ2) is 10.0. The molecule has 1 atom stereocenters. The molecule has 180 valence electrons. The van der Waals surface area contributed by atoms with E-state index in [1.807, 2.05) is 56.3 Å². The van der Waals surface area contributed by atoms with Gasteiger partial charge in [-0.1, -0.05) is 18.2 Å². The monoisotopic (exact) mass is 474 g/mol. The summed E-state index contributed by atoms with van der Waals surface area (Å²) in [6.07, 6.45) is 0.556. The summed E-state index contributed by atoms with van der Waals surface area (Å²) in [4.78, 5) is 26.9. The van der Waals surface area contributed by atoms with Crippen molar-refractivity contribution < 1.29 is 23.8 Å². The molecule has 3 aromatic carbocycles. The molecule has 0 fully saturated rings. The van der Waals surface area contributed by atoms with E-state index in [9.17, 15) is 14.0 Å². The fourth-order valence-corrected chi connectivity index (χ4v) is 4.12. The van der Waals surface area contributed by atoms with Crippen molar-refractivity contribution in [3.63, 3.8) is 0 Å². The summed E-state index contributed by atoms with van der Waals surface area (Å²) in [5.41, 5.74) is 4.62. The maximum Gasteiger partial charge on any atom is 0.303 e. The van der Waals surface area contributed by atoms with Crippen LogP contribution >= 0.6 is 0 Å². The zero-order chi connectivity index (χ0) is 25.1. The van der Waals surface area contributed by atoms with Crippen LogP contribution in [0.3, 0.4) is 0 Å². The second-order valence-corrected chi connectivity index (χ2v) is 8.67. The van der Waals surface area contributed by atoms with Gasteiger partial charge in [0.05, 0.1) is 6.04 Å². The first-order chi connectivity index (χ1) is 16.7. The Hall–Kier alpha value is -4.13. The maximum atomic E-state index is 13.6. The highest BCUT2D eigenvalue weighted by Gasteiger charge is 2.18. The van der Waals surface area contributed by atoms with Crippen molar-refractivity contribution in [1.29, 1.82) is 0 Å². The van der Waals surface area contributed by atoms with Gasteiger partial charge in [0.25, 0.3) is 5.91 Å². The van der Waals surface area contributed by atoms with Gasteiger partial charge >= 0.3 is 5.97 Å². The number of benzene rings is 3. The number of aryl methyl sites for hydroxylation is 3. The van der Waals surface area contributed by atoms with Gasteiger partial charge in [0.1, 0.15) is 23.0 Å². The van der Waals surface area contributed by atoms with E-state index in [-0.39, 0.29) is 24.2 Å². The van der Waals surface area contributed by atoms with Crippen LogP contribution in [0.25, 0.3) is 10.9 Å². The molecule has 0 radical (unpaired) electrons. The molecule has 0 aliphatic heterocycles. The van der Waals surface area contributed by atoms with E-state index >= 15 is 0 Å². The van der Waals surface area contributed by atoms with Gasteiger partial charge in [0.15, 0.2) is 0 Å². The summed E-state index contributed by atoms with van der Waals surface area (Å²) < 4.78 is 19.6. The largest absolute Gasteiger partial charge is 0.481 e. The fourth-order valence-electron chi connectivity index (χ4n) is 4.12. The van der Waals surface area contributed by atoms with Crippen molar-refractivity contribution in [3.05, 3.63) is 94.4 Å². The Morgan fingerprint density at radius 2 is 1.83 bits per heavy atom. The lowest BCUT2D eigenvalue weighted by Crippen LogP contribution is -2.27. The lowest BCUT2D eigenvalue weighted by Gasteiger charge is -2.16. The predicted octanol–water partition coefficient (Wildman–Crippen LogP) is 6.22. The molecule has 0 spiro atoms. The average molecular weight is 475 g/mol. The number of carboxylic acid groups (broad SMARTS) is 1. The molecular formula is C28H27FN2O4. The normalized spacial score (nSPS) is 11.9. The van der Waals surface area contributed by atoms with Crippen LogP contribution in [0.15, 0.2) is 60.7 Å². The van der Waals surface area contributed by atoms with Crippen LogP contribution in [-0.4, -0.2) is 22.0 Å².